The summed E-state index contributed by atoms with van der Waals surface area (Å²) in [7, 11) is 0. The molecule has 2 aromatic heterocycles. The number of nitro groups is 1. The standard InChI is InChI=1S/C20H22N4O3/c1-12-6-8-17(9-7-12)23-13(2)10-18(15(23)4)19(25)11-22-16(5)20(24(26)27)14(3)21-22/h6-10H,11H2,1-5H3. The maximum absolute atomic E-state index is 12.9. The Balaban J connectivity index is 1.95. The summed E-state index contributed by atoms with van der Waals surface area (Å²) in [6.07, 6.45) is 0. The van der Waals surface area contributed by atoms with Crippen LogP contribution in [0.3, 0.4) is 0 Å². The summed E-state index contributed by atoms with van der Waals surface area (Å²) in [4.78, 5) is 23.6. The molecule has 0 aliphatic carbocycles. The van der Waals surface area contributed by atoms with Gasteiger partial charge in [0.05, 0.1) is 4.92 Å². The van der Waals surface area contributed by atoms with E-state index < -0.39 is 4.92 Å². The zero-order valence-electron chi connectivity index (χ0n) is 16.1. The van der Waals surface area contributed by atoms with Crippen molar-refractivity contribution in [2.45, 2.75) is 41.2 Å². The molecule has 0 aliphatic heterocycles. The van der Waals surface area contributed by atoms with Crippen LogP contribution in [0.4, 0.5) is 5.69 Å². The quantitative estimate of drug-likeness (QED) is 0.388. The SMILES string of the molecule is Cc1ccc(-n2c(C)cc(C(=O)Cn3nc(C)c([N+](=O)[O-])c3C)c2C)cc1. The van der Waals surface area contributed by atoms with Gasteiger partial charge in [-0.1, -0.05) is 17.7 Å². The molecule has 0 radical (unpaired) electrons. The van der Waals surface area contributed by atoms with E-state index in [4.69, 9.17) is 0 Å². The zero-order chi connectivity index (χ0) is 19.9. The summed E-state index contributed by atoms with van der Waals surface area (Å²) >= 11 is 0. The second kappa shape index (κ2) is 6.83. The van der Waals surface area contributed by atoms with Crippen molar-refractivity contribution in [1.29, 1.82) is 0 Å². The lowest BCUT2D eigenvalue weighted by atomic mass is 10.1. The predicted molar refractivity (Wildman–Crippen MR) is 103 cm³/mol. The van der Waals surface area contributed by atoms with E-state index in [1.807, 2.05) is 55.7 Å². The van der Waals surface area contributed by atoms with Gasteiger partial charge in [0.2, 0.25) is 0 Å². The number of nitrogens with zero attached hydrogens (tertiary/aromatic N) is 4. The number of carbonyl (C=O) groups excluding carboxylic acids is 1. The summed E-state index contributed by atoms with van der Waals surface area (Å²) in [5.41, 5.74) is 5.24. The molecule has 0 spiro atoms. The van der Waals surface area contributed by atoms with Gasteiger partial charge in [-0.3, -0.25) is 19.6 Å². The maximum Gasteiger partial charge on any atom is 0.312 e. The van der Waals surface area contributed by atoms with E-state index in [0.29, 0.717) is 17.0 Å². The Morgan fingerprint density at radius 1 is 1.07 bits per heavy atom. The average Bonchev–Trinajstić information content (AvgIpc) is 3.04. The summed E-state index contributed by atoms with van der Waals surface area (Å²) < 4.78 is 3.45. The van der Waals surface area contributed by atoms with Gasteiger partial charge in [-0.25, -0.2) is 0 Å². The van der Waals surface area contributed by atoms with Crippen molar-refractivity contribution in [3.8, 4) is 5.69 Å². The van der Waals surface area contributed by atoms with Gasteiger partial charge in [-0.05, 0) is 52.8 Å². The largest absolute Gasteiger partial charge is 0.318 e. The van der Waals surface area contributed by atoms with Gasteiger partial charge in [0, 0.05) is 22.6 Å². The lowest BCUT2D eigenvalue weighted by Crippen LogP contribution is -2.14. The molecule has 0 aliphatic rings. The monoisotopic (exact) mass is 366 g/mol. The number of rotatable bonds is 5. The van der Waals surface area contributed by atoms with Gasteiger partial charge in [0.25, 0.3) is 0 Å². The van der Waals surface area contributed by atoms with E-state index >= 15 is 0 Å². The second-order valence-corrected chi connectivity index (χ2v) is 6.81. The van der Waals surface area contributed by atoms with Crippen LogP contribution in [0.5, 0.6) is 0 Å². The highest BCUT2D eigenvalue weighted by molar-refractivity contribution is 5.97. The van der Waals surface area contributed by atoms with Crippen molar-refractivity contribution in [2.24, 2.45) is 0 Å². The van der Waals surface area contributed by atoms with E-state index in [9.17, 15) is 14.9 Å². The average molecular weight is 366 g/mol. The molecule has 0 N–H and O–H groups in total. The van der Waals surface area contributed by atoms with Crippen LogP contribution in [0.1, 0.15) is 38.7 Å². The number of aryl methyl sites for hydroxylation is 3. The molecule has 3 rings (SSSR count). The highest BCUT2D eigenvalue weighted by atomic mass is 16.6. The van der Waals surface area contributed by atoms with Crippen molar-refractivity contribution in [1.82, 2.24) is 14.3 Å². The molecule has 0 fully saturated rings. The van der Waals surface area contributed by atoms with Crippen LogP contribution in [-0.4, -0.2) is 25.1 Å². The van der Waals surface area contributed by atoms with Gasteiger partial charge in [-0.15, -0.1) is 0 Å². The molecule has 7 nitrogen and oxygen atoms in total. The van der Waals surface area contributed by atoms with Gasteiger partial charge < -0.3 is 4.57 Å². The number of aromatic nitrogens is 3. The second-order valence-electron chi connectivity index (χ2n) is 6.81. The Kier molecular flexibility index (Phi) is 4.70. The predicted octanol–water partition coefficient (Wildman–Crippen LogP) is 4.01. The first-order valence-electron chi connectivity index (χ1n) is 8.68. The maximum atomic E-state index is 12.9. The Morgan fingerprint density at radius 2 is 1.70 bits per heavy atom. The molecule has 0 amide bonds. The minimum absolute atomic E-state index is 0.0291. The van der Waals surface area contributed by atoms with Crippen molar-refractivity contribution >= 4 is 11.5 Å². The van der Waals surface area contributed by atoms with E-state index in [0.717, 1.165) is 17.1 Å². The normalized spacial score (nSPS) is 11.0. The first kappa shape index (κ1) is 18.6. The van der Waals surface area contributed by atoms with Crippen molar-refractivity contribution in [3.05, 3.63) is 74.3 Å². The third-order valence-electron chi connectivity index (χ3n) is 4.84. The third kappa shape index (κ3) is 3.28. The molecule has 0 unspecified atom stereocenters. The molecule has 7 heteroatoms. The lowest BCUT2D eigenvalue weighted by molar-refractivity contribution is -0.386. The topological polar surface area (TPSA) is 83.0 Å². The first-order valence-corrected chi connectivity index (χ1v) is 8.68. The van der Waals surface area contributed by atoms with Crippen LogP contribution >= 0.6 is 0 Å². The molecular formula is C20H22N4O3. The van der Waals surface area contributed by atoms with Gasteiger partial charge in [0.1, 0.15) is 17.9 Å². The molecule has 2 heterocycles. The number of benzene rings is 1. The lowest BCUT2D eigenvalue weighted by Gasteiger charge is -2.10. The van der Waals surface area contributed by atoms with Crippen LogP contribution in [0.15, 0.2) is 30.3 Å². The van der Waals surface area contributed by atoms with E-state index in [2.05, 4.69) is 5.10 Å². The molecule has 0 saturated heterocycles. The highest BCUT2D eigenvalue weighted by Gasteiger charge is 2.24. The Bertz CT molecular complexity index is 1040. The van der Waals surface area contributed by atoms with Crippen LogP contribution < -0.4 is 0 Å². The summed E-state index contributed by atoms with van der Waals surface area (Å²) in [6, 6.07) is 9.97. The molecular weight excluding hydrogens is 344 g/mol. The smallest absolute Gasteiger partial charge is 0.312 e. The molecule has 0 saturated carbocycles. The molecule has 140 valence electrons. The number of ketones is 1. The summed E-state index contributed by atoms with van der Waals surface area (Å²) in [5, 5.41) is 15.3. The van der Waals surface area contributed by atoms with Crippen molar-refractivity contribution < 1.29 is 9.72 Å². The Labute approximate surface area is 157 Å². The fraction of sp³-hybridized carbons (Fsp3) is 0.300. The molecule has 27 heavy (non-hydrogen) atoms. The van der Waals surface area contributed by atoms with Gasteiger partial charge in [0.15, 0.2) is 5.78 Å². The van der Waals surface area contributed by atoms with Crippen LogP contribution in [0.2, 0.25) is 0 Å². The van der Waals surface area contributed by atoms with E-state index in [1.165, 1.54) is 10.2 Å². The molecule has 3 aromatic rings. The summed E-state index contributed by atoms with van der Waals surface area (Å²) in [5.74, 6) is -0.123. The molecule has 0 bridgehead atoms. The van der Waals surface area contributed by atoms with E-state index in [1.54, 1.807) is 13.8 Å². The molecule has 1 aromatic carbocycles. The third-order valence-corrected chi connectivity index (χ3v) is 4.84. The molecule has 0 atom stereocenters. The van der Waals surface area contributed by atoms with Crippen molar-refractivity contribution in [3.63, 3.8) is 0 Å². The van der Waals surface area contributed by atoms with Crippen LogP contribution in [-0.2, 0) is 6.54 Å². The van der Waals surface area contributed by atoms with Crippen LogP contribution in [0, 0.1) is 44.7 Å². The number of hydrogen-bond donors (Lipinski definition) is 0. The first-order chi connectivity index (χ1) is 12.7. The number of Topliss-reactive ketones (excluding diaryl/α,β-unsaturated/α-hetero) is 1. The minimum atomic E-state index is -0.456. The van der Waals surface area contributed by atoms with Gasteiger partial charge in [-0.2, -0.15) is 5.10 Å². The van der Waals surface area contributed by atoms with Crippen LogP contribution in [0.25, 0.3) is 5.69 Å². The minimum Gasteiger partial charge on any atom is -0.318 e. The Morgan fingerprint density at radius 3 is 2.26 bits per heavy atom. The Hall–Kier alpha value is -3.22. The van der Waals surface area contributed by atoms with Crippen molar-refractivity contribution in [2.75, 3.05) is 0 Å². The fourth-order valence-corrected chi connectivity index (χ4v) is 3.46. The zero-order valence-corrected chi connectivity index (χ0v) is 16.1. The fourth-order valence-electron chi connectivity index (χ4n) is 3.46. The van der Waals surface area contributed by atoms with Gasteiger partial charge >= 0.3 is 5.69 Å². The number of hydrogen-bond acceptors (Lipinski definition) is 4. The van der Waals surface area contributed by atoms with E-state index in [-0.39, 0.29) is 18.0 Å². The number of carbonyl (C=O) groups is 1. The highest BCUT2D eigenvalue weighted by Crippen LogP contribution is 2.24. The summed E-state index contributed by atoms with van der Waals surface area (Å²) in [6.45, 7) is 9.05.